The number of rotatable bonds is 6. The van der Waals surface area contributed by atoms with Gasteiger partial charge in [-0.2, -0.15) is 5.10 Å². The van der Waals surface area contributed by atoms with E-state index in [0.717, 1.165) is 17.0 Å². The molecule has 1 aromatic carbocycles. The average molecular weight is 332 g/mol. The van der Waals surface area contributed by atoms with Crippen molar-refractivity contribution in [3.8, 4) is 0 Å². The second-order valence-corrected chi connectivity index (χ2v) is 6.23. The third kappa shape index (κ3) is 4.00. The van der Waals surface area contributed by atoms with Gasteiger partial charge in [0.05, 0.1) is 12.2 Å². The van der Waals surface area contributed by atoms with E-state index in [0.29, 0.717) is 13.1 Å². The van der Waals surface area contributed by atoms with Gasteiger partial charge in [0.25, 0.3) is 0 Å². The first-order valence-electron chi connectivity index (χ1n) is 8.01. The Morgan fingerprint density at radius 3 is 2.38 bits per heavy atom. The van der Waals surface area contributed by atoms with E-state index >= 15 is 0 Å². The molecule has 0 saturated heterocycles. The summed E-state index contributed by atoms with van der Waals surface area (Å²) in [4.78, 5) is 14.4. The Labute approximate surface area is 142 Å². The number of halogens is 1. The lowest BCUT2D eigenvalue weighted by Gasteiger charge is -2.24. The van der Waals surface area contributed by atoms with E-state index in [9.17, 15) is 9.18 Å². The van der Waals surface area contributed by atoms with Crippen LogP contribution in [0.5, 0.6) is 0 Å². The number of amides is 1. The topological polar surface area (TPSA) is 50.2 Å². The maximum Gasteiger partial charge on any atom is 0.242 e. The maximum atomic E-state index is 13.1. The molecule has 0 aliphatic heterocycles. The molecule has 0 saturated carbocycles. The molecule has 1 heterocycles. The predicted molar refractivity (Wildman–Crippen MR) is 92.3 cm³/mol. The number of carbonyl (C=O) groups is 1. The molecule has 6 heteroatoms. The molecule has 1 N–H and O–H groups in total. The van der Waals surface area contributed by atoms with Crippen LogP contribution in [0, 0.1) is 26.6 Å². The van der Waals surface area contributed by atoms with E-state index < -0.39 is 6.04 Å². The highest BCUT2D eigenvalue weighted by molar-refractivity contribution is 5.83. The van der Waals surface area contributed by atoms with E-state index in [1.54, 1.807) is 12.1 Å². The third-order valence-electron chi connectivity index (χ3n) is 4.32. The lowest BCUT2D eigenvalue weighted by Crippen LogP contribution is -2.38. The Bertz CT molecular complexity index is 707. The molecular formula is C18H25FN4O. The summed E-state index contributed by atoms with van der Waals surface area (Å²) in [6, 6.07) is 5.58. The highest BCUT2D eigenvalue weighted by atomic mass is 19.1. The Balaban J connectivity index is 2.01. The molecule has 0 aliphatic rings. The lowest BCUT2D eigenvalue weighted by molar-refractivity contribution is -0.125. The molecule has 0 fully saturated rings. The third-order valence-corrected chi connectivity index (χ3v) is 4.32. The van der Waals surface area contributed by atoms with Gasteiger partial charge in [-0.05, 0) is 58.1 Å². The zero-order valence-corrected chi connectivity index (χ0v) is 14.9. The van der Waals surface area contributed by atoms with E-state index in [1.165, 1.54) is 17.7 Å². The molecule has 0 spiro atoms. The van der Waals surface area contributed by atoms with Crippen LogP contribution in [0.25, 0.3) is 0 Å². The van der Waals surface area contributed by atoms with Crippen molar-refractivity contribution in [1.82, 2.24) is 20.0 Å². The van der Waals surface area contributed by atoms with Crippen LogP contribution >= 0.6 is 0 Å². The highest BCUT2D eigenvalue weighted by Gasteiger charge is 2.22. The number of aryl methyl sites for hydroxylation is 1. The summed E-state index contributed by atoms with van der Waals surface area (Å²) in [5, 5.41) is 7.41. The number of likely N-dealkylation sites (N-methyl/N-ethyl adjacent to an activating group) is 1. The molecule has 1 amide bonds. The smallest absolute Gasteiger partial charge is 0.242 e. The minimum Gasteiger partial charge on any atom is -0.353 e. The maximum absolute atomic E-state index is 13.1. The van der Waals surface area contributed by atoms with Gasteiger partial charge in [-0.1, -0.05) is 12.1 Å². The van der Waals surface area contributed by atoms with Crippen molar-refractivity contribution in [1.29, 1.82) is 0 Å². The van der Waals surface area contributed by atoms with Gasteiger partial charge >= 0.3 is 0 Å². The summed E-state index contributed by atoms with van der Waals surface area (Å²) in [6.45, 7) is 7.16. The minimum absolute atomic E-state index is 0.107. The molecule has 0 radical (unpaired) electrons. The number of hydrogen-bond acceptors (Lipinski definition) is 3. The number of carbonyl (C=O) groups excluding carboxylic acids is 1. The zero-order valence-electron chi connectivity index (χ0n) is 14.9. The SMILES string of the molecule is Cc1nn(CCNC(=O)[C@@H](c2ccc(F)cc2)N(C)C)c(C)c1C. The standard InChI is InChI=1S/C18H25FN4O/c1-12-13(2)21-23(14(12)3)11-10-20-18(24)17(22(4)5)15-6-8-16(19)9-7-15/h6-9,17H,10-11H2,1-5H3,(H,20,24)/t17-/m1/s1. The van der Waals surface area contributed by atoms with Crippen LogP contribution in [0.2, 0.25) is 0 Å². The van der Waals surface area contributed by atoms with Crippen molar-refractivity contribution in [2.24, 2.45) is 0 Å². The predicted octanol–water partition coefficient (Wildman–Crippen LogP) is 2.37. The normalized spacial score (nSPS) is 12.5. The van der Waals surface area contributed by atoms with Gasteiger partial charge in [0.15, 0.2) is 0 Å². The summed E-state index contributed by atoms with van der Waals surface area (Å²) >= 11 is 0. The quantitative estimate of drug-likeness (QED) is 0.883. The number of nitrogens with one attached hydrogen (secondary N) is 1. The first-order valence-corrected chi connectivity index (χ1v) is 8.01. The summed E-state index contributed by atoms with van der Waals surface area (Å²) in [5.41, 5.74) is 4.07. The van der Waals surface area contributed by atoms with E-state index in [1.807, 2.05) is 44.4 Å². The van der Waals surface area contributed by atoms with E-state index in [-0.39, 0.29) is 11.7 Å². The van der Waals surface area contributed by atoms with Crippen molar-refractivity contribution < 1.29 is 9.18 Å². The summed E-state index contributed by atoms with van der Waals surface area (Å²) in [7, 11) is 3.66. The van der Waals surface area contributed by atoms with E-state index in [2.05, 4.69) is 10.4 Å². The summed E-state index contributed by atoms with van der Waals surface area (Å²) in [6.07, 6.45) is 0. The van der Waals surface area contributed by atoms with Crippen LogP contribution in [0.1, 0.15) is 28.6 Å². The Kier molecular flexibility index (Phi) is 5.72. The molecule has 24 heavy (non-hydrogen) atoms. The van der Waals surface area contributed by atoms with Crippen LogP contribution in [-0.2, 0) is 11.3 Å². The molecule has 1 aromatic heterocycles. The first kappa shape index (κ1) is 18.1. The van der Waals surface area contributed by atoms with Gasteiger partial charge in [0, 0.05) is 12.2 Å². The zero-order chi connectivity index (χ0) is 17.9. The molecule has 0 aliphatic carbocycles. The fourth-order valence-electron chi connectivity index (χ4n) is 2.71. The van der Waals surface area contributed by atoms with Gasteiger partial charge in [-0.15, -0.1) is 0 Å². The van der Waals surface area contributed by atoms with Gasteiger partial charge in [-0.25, -0.2) is 4.39 Å². The fraction of sp³-hybridized carbons (Fsp3) is 0.444. The average Bonchev–Trinajstić information content (AvgIpc) is 2.76. The summed E-state index contributed by atoms with van der Waals surface area (Å²) in [5.74, 6) is -0.415. The van der Waals surface area contributed by atoms with Crippen molar-refractivity contribution in [3.63, 3.8) is 0 Å². The van der Waals surface area contributed by atoms with Crippen LogP contribution < -0.4 is 5.32 Å². The molecule has 2 rings (SSSR count). The van der Waals surface area contributed by atoms with Crippen molar-refractivity contribution in [2.75, 3.05) is 20.6 Å². The van der Waals surface area contributed by atoms with Crippen LogP contribution in [0.15, 0.2) is 24.3 Å². The minimum atomic E-state index is -0.451. The molecule has 130 valence electrons. The molecule has 1 atom stereocenters. The Morgan fingerprint density at radius 1 is 1.25 bits per heavy atom. The number of benzene rings is 1. The first-order chi connectivity index (χ1) is 11.3. The van der Waals surface area contributed by atoms with Crippen molar-refractivity contribution >= 4 is 5.91 Å². The Morgan fingerprint density at radius 2 is 1.88 bits per heavy atom. The molecular weight excluding hydrogens is 307 g/mol. The van der Waals surface area contributed by atoms with Crippen LogP contribution in [0.4, 0.5) is 4.39 Å². The lowest BCUT2D eigenvalue weighted by atomic mass is 10.1. The van der Waals surface area contributed by atoms with Crippen molar-refractivity contribution in [3.05, 3.63) is 52.6 Å². The largest absolute Gasteiger partial charge is 0.353 e. The number of nitrogens with zero attached hydrogens (tertiary/aromatic N) is 3. The van der Waals surface area contributed by atoms with E-state index in [4.69, 9.17) is 0 Å². The van der Waals surface area contributed by atoms with Crippen LogP contribution in [-0.4, -0.2) is 41.2 Å². The molecule has 0 bridgehead atoms. The van der Waals surface area contributed by atoms with Crippen LogP contribution in [0.3, 0.4) is 0 Å². The number of aromatic nitrogens is 2. The summed E-state index contributed by atoms with van der Waals surface area (Å²) < 4.78 is 15.0. The van der Waals surface area contributed by atoms with Gasteiger partial charge in [-0.3, -0.25) is 14.4 Å². The highest BCUT2D eigenvalue weighted by Crippen LogP contribution is 2.18. The van der Waals surface area contributed by atoms with Crippen molar-refractivity contribution in [2.45, 2.75) is 33.4 Å². The second kappa shape index (κ2) is 7.57. The number of hydrogen-bond donors (Lipinski definition) is 1. The Hall–Kier alpha value is -2.21. The second-order valence-electron chi connectivity index (χ2n) is 6.23. The van der Waals surface area contributed by atoms with Gasteiger partial charge in [0.1, 0.15) is 11.9 Å². The van der Waals surface area contributed by atoms with Gasteiger partial charge < -0.3 is 5.32 Å². The molecule has 2 aromatic rings. The molecule has 0 unspecified atom stereocenters. The molecule has 5 nitrogen and oxygen atoms in total. The fourth-order valence-corrected chi connectivity index (χ4v) is 2.71. The monoisotopic (exact) mass is 332 g/mol. The van der Waals surface area contributed by atoms with Gasteiger partial charge in [0.2, 0.25) is 5.91 Å².